The highest BCUT2D eigenvalue weighted by atomic mass is 16.4. The van der Waals surface area contributed by atoms with E-state index < -0.39 is 5.97 Å². The van der Waals surface area contributed by atoms with Crippen LogP contribution in [0.2, 0.25) is 0 Å². The summed E-state index contributed by atoms with van der Waals surface area (Å²) in [7, 11) is 0. The van der Waals surface area contributed by atoms with Crippen molar-refractivity contribution in [2.24, 2.45) is 0 Å². The second kappa shape index (κ2) is 19.0. The lowest BCUT2D eigenvalue weighted by molar-refractivity contribution is -0.137. The average Bonchev–Trinajstić information content (AvgIpc) is 2.53. The molecule has 0 saturated heterocycles. The first-order valence-electron chi connectivity index (χ1n) is 9.75. The van der Waals surface area contributed by atoms with E-state index in [2.05, 4.69) is 18.7 Å². The van der Waals surface area contributed by atoms with Crippen LogP contribution in [-0.4, -0.2) is 11.1 Å². The van der Waals surface area contributed by atoms with E-state index in [9.17, 15) is 4.79 Å². The fourth-order valence-electron chi connectivity index (χ4n) is 2.74. The third-order valence-corrected chi connectivity index (χ3v) is 4.21. The average molecular weight is 323 g/mol. The van der Waals surface area contributed by atoms with Crippen LogP contribution in [0.5, 0.6) is 0 Å². The molecule has 0 rings (SSSR count). The van der Waals surface area contributed by atoms with Crippen molar-refractivity contribution in [1.29, 1.82) is 0 Å². The van der Waals surface area contributed by atoms with Gasteiger partial charge in [0, 0.05) is 6.42 Å². The lowest BCUT2D eigenvalue weighted by Crippen LogP contribution is -1.93. The molecule has 23 heavy (non-hydrogen) atoms. The van der Waals surface area contributed by atoms with Gasteiger partial charge in [-0.05, 0) is 44.9 Å². The molecule has 0 bridgehead atoms. The molecule has 2 nitrogen and oxygen atoms in total. The van der Waals surface area contributed by atoms with Crippen LogP contribution in [0.15, 0.2) is 24.8 Å². The largest absolute Gasteiger partial charge is 0.481 e. The number of hydrogen-bond acceptors (Lipinski definition) is 1. The highest BCUT2D eigenvalue weighted by Crippen LogP contribution is 2.11. The van der Waals surface area contributed by atoms with Gasteiger partial charge in [-0.1, -0.05) is 69.6 Å². The zero-order chi connectivity index (χ0) is 17.0. The van der Waals surface area contributed by atoms with Gasteiger partial charge in [0.05, 0.1) is 0 Å². The summed E-state index contributed by atoms with van der Waals surface area (Å²) in [6.45, 7) is 3.75. The van der Waals surface area contributed by atoms with Crippen molar-refractivity contribution in [3.63, 3.8) is 0 Å². The molecule has 0 aliphatic carbocycles. The molecule has 0 heterocycles. The van der Waals surface area contributed by atoms with Crippen LogP contribution in [0.4, 0.5) is 0 Å². The van der Waals surface area contributed by atoms with Gasteiger partial charge in [-0.25, -0.2) is 0 Å². The van der Waals surface area contributed by atoms with Gasteiger partial charge in [-0.15, -0.1) is 6.58 Å². The van der Waals surface area contributed by atoms with Crippen molar-refractivity contribution >= 4 is 5.97 Å². The van der Waals surface area contributed by atoms with E-state index in [0.717, 1.165) is 12.8 Å². The molecule has 134 valence electrons. The number of carboxylic acids is 1. The van der Waals surface area contributed by atoms with Crippen LogP contribution in [0, 0.1) is 0 Å². The van der Waals surface area contributed by atoms with E-state index in [0.29, 0.717) is 6.42 Å². The molecule has 2 heteroatoms. The maximum Gasteiger partial charge on any atom is 0.303 e. The van der Waals surface area contributed by atoms with Crippen molar-refractivity contribution in [2.45, 2.75) is 103 Å². The lowest BCUT2D eigenvalue weighted by Gasteiger charge is -2.00. The molecule has 0 unspecified atom stereocenters. The Bertz CT molecular complexity index is 294. The predicted molar refractivity (Wildman–Crippen MR) is 101 cm³/mol. The predicted octanol–water partition coefficient (Wildman–Crippen LogP) is 7.05. The maximum atomic E-state index is 10.4. The van der Waals surface area contributed by atoms with Crippen molar-refractivity contribution < 1.29 is 9.90 Å². The van der Waals surface area contributed by atoms with Gasteiger partial charge >= 0.3 is 5.97 Å². The molecule has 1 N–H and O–H groups in total. The number of unbranched alkanes of at least 4 members (excludes halogenated alkanes) is 13. The second-order valence-corrected chi connectivity index (χ2v) is 6.51. The van der Waals surface area contributed by atoms with Gasteiger partial charge in [0.2, 0.25) is 0 Å². The standard InChI is InChI=1S/C21H38O2/c1-2-3-4-5-6-7-8-9-10-11-12-13-14-15-16-17-18-19-20-21(22)23/h2,10-11H,1,3-9,12-20H2,(H,22,23)/b11-10-. The highest BCUT2D eigenvalue weighted by molar-refractivity contribution is 5.66. The summed E-state index contributed by atoms with van der Waals surface area (Å²) >= 11 is 0. The van der Waals surface area contributed by atoms with E-state index in [4.69, 9.17) is 5.11 Å². The molecule has 0 atom stereocenters. The minimum Gasteiger partial charge on any atom is -0.481 e. The van der Waals surface area contributed by atoms with Gasteiger partial charge in [0.15, 0.2) is 0 Å². The Morgan fingerprint density at radius 3 is 1.48 bits per heavy atom. The molecule has 0 radical (unpaired) electrons. The van der Waals surface area contributed by atoms with E-state index in [1.165, 1.54) is 83.5 Å². The molecule has 0 aliphatic heterocycles. The first-order valence-corrected chi connectivity index (χ1v) is 9.75. The zero-order valence-electron chi connectivity index (χ0n) is 15.1. The summed E-state index contributed by atoms with van der Waals surface area (Å²) in [4.78, 5) is 10.4. The highest BCUT2D eigenvalue weighted by Gasteiger charge is 1.96. The molecular formula is C21H38O2. The van der Waals surface area contributed by atoms with E-state index in [1.54, 1.807) is 0 Å². The summed E-state index contributed by atoms with van der Waals surface area (Å²) in [5.74, 6) is -0.663. The summed E-state index contributed by atoms with van der Waals surface area (Å²) in [6.07, 6.45) is 25.7. The molecular weight excluding hydrogens is 284 g/mol. The number of allylic oxidation sites excluding steroid dienone is 3. The smallest absolute Gasteiger partial charge is 0.303 e. The van der Waals surface area contributed by atoms with Crippen molar-refractivity contribution in [3.8, 4) is 0 Å². The summed E-state index contributed by atoms with van der Waals surface area (Å²) < 4.78 is 0. The molecule has 0 aliphatic rings. The molecule has 0 fully saturated rings. The van der Waals surface area contributed by atoms with Gasteiger partial charge < -0.3 is 5.11 Å². The third kappa shape index (κ3) is 21.0. The fourth-order valence-corrected chi connectivity index (χ4v) is 2.74. The molecule has 0 aromatic rings. The first kappa shape index (κ1) is 21.9. The molecule has 0 amide bonds. The van der Waals surface area contributed by atoms with E-state index >= 15 is 0 Å². The van der Waals surface area contributed by atoms with E-state index in [-0.39, 0.29) is 0 Å². The third-order valence-electron chi connectivity index (χ3n) is 4.21. The lowest BCUT2D eigenvalue weighted by atomic mass is 10.1. The van der Waals surface area contributed by atoms with Crippen LogP contribution in [0.3, 0.4) is 0 Å². The van der Waals surface area contributed by atoms with Crippen LogP contribution in [0.1, 0.15) is 103 Å². The van der Waals surface area contributed by atoms with Crippen molar-refractivity contribution in [2.75, 3.05) is 0 Å². The number of hydrogen-bond donors (Lipinski definition) is 1. The van der Waals surface area contributed by atoms with E-state index in [1.807, 2.05) is 6.08 Å². The van der Waals surface area contributed by atoms with Crippen LogP contribution >= 0.6 is 0 Å². The Morgan fingerprint density at radius 1 is 0.652 bits per heavy atom. The Kier molecular flexibility index (Phi) is 18.1. The molecule has 0 aromatic carbocycles. The van der Waals surface area contributed by atoms with Gasteiger partial charge in [-0.2, -0.15) is 0 Å². The Hall–Kier alpha value is -1.05. The number of aliphatic carboxylic acids is 1. The van der Waals surface area contributed by atoms with Gasteiger partial charge in [0.25, 0.3) is 0 Å². The molecule has 0 aromatic heterocycles. The van der Waals surface area contributed by atoms with Gasteiger partial charge in [-0.3, -0.25) is 4.79 Å². The number of carbonyl (C=O) groups is 1. The van der Waals surface area contributed by atoms with Crippen molar-refractivity contribution in [3.05, 3.63) is 24.8 Å². The van der Waals surface area contributed by atoms with Gasteiger partial charge in [0.1, 0.15) is 0 Å². The topological polar surface area (TPSA) is 37.3 Å². The van der Waals surface area contributed by atoms with Crippen LogP contribution in [-0.2, 0) is 4.79 Å². The monoisotopic (exact) mass is 322 g/mol. The Balaban J connectivity index is 3.08. The summed E-state index contributed by atoms with van der Waals surface area (Å²) in [6, 6.07) is 0. The van der Waals surface area contributed by atoms with Crippen LogP contribution in [0.25, 0.3) is 0 Å². The van der Waals surface area contributed by atoms with Crippen LogP contribution < -0.4 is 0 Å². The number of carboxylic acid groups (broad SMARTS) is 1. The Morgan fingerprint density at radius 2 is 1.04 bits per heavy atom. The number of rotatable bonds is 18. The minimum absolute atomic E-state index is 0.333. The summed E-state index contributed by atoms with van der Waals surface area (Å²) in [5.41, 5.74) is 0. The summed E-state index contributed by atoms with van der Waals surface area (Å²) in [5, 5.41) is 8.54. The zero-order valence-corrected chi connectivity index (χ0v) is 15.1. The quantitative estimate of drug-likeness (QED) is 0.217. The van der Waals surface area contributed by atoms with Crippen molar-refractivity contribution in [1.82, 2.24) is 0 Å². The Labute approximate surface area is 144 Å². The SMILES string of the molecule is C=CCCCCCCC/C=C\CCCCCCCCCC(=O)O. The first-order chi connectivity index (χ1) is 11.3. The maximum absolute atomic E-state index is 10.4. The minimum atomic E-state index is -0.663. The normalized spacial score (nSPS) is 11.1. The second-order valence-electron chi connectivity index (χ2n) is 6.51. The molecule has 0 spiro atoms. The fraction of sp³-hybridized carbons (Fsp3) is 0.762. The molecule has 0 saturated carbocycles.